The Morgan fingerprint density at radius 1 is 1.07 bits per heavy atom. The Balaban J connectivity index is 1.62. The van der Waals surface area contributed by atoms with Crippen LogP contribution >= 0.6 is 0 Å². The molecular weight excluding hydrogens is 352 g/mol. The lowest BCUT2D eigenvalue weighted by molar-refractivity contribution is -0.132. The molecule has 0 aliphatic carbocycles. The molecule has 0 spiro atoms. The van der Waals surface area contributed by atoms with Crippen LogP contribution in [-0.4, -0.2) is 36.0 Å². The van der Waals surface area contributed by atoms with E-state index in [1.54, 1.807) is 0 Å². The van der Waals surface area contributed by atoms with Gasteiger partial charge in [0.05, 0.1) is 12.7 Å². The van der Waals surface area contributed by atoms with E-state index in [0.717, 1.165) is 24.0 Å². The zero-order valence-electron chi connectivity index (χ0n) is 16.0. The highest BCUT2D eigenvalue weighted by Crippen LogP contribution is 2.21. The molecule has 6 nitrogen and oxygen atoms in total. The molecule has 6 heteroatoms. The average Bonchev–Trinajstić information content (AvgIpc) is 2.92. The van der Waals surface area contributed by atoms with Gasteiger partial charge in [-0.25, -0.2) is 0 Å². The third kappa shape index (κ3) is 5.84. The van der Waals surface area contributed by atoms with Crippen molar-refractivity contribution in [3.05, 3.63) is 82.2 Å². The predicted molar refractivity (Wildman–Crippen MR) is 109 cm³/mol. The van der Waals surface area contributed by atoms with Crippen molar-refractivity contribution in [2.75, 3.05) is 13.1 Å². The Labute approximate surface area is 165 Å². The summed E-state index contributed by atoms with van der Waals surface area (Å²) < 4.78 is 6.06. The molecule has 28 heavy (non-hydrogen) atoms. The number of benzene rings is 2. The number of carbonyl (C=O) groups excluding carboxylic acids is 1. The summed E-state index contributed by atoms with van der Waals surface area (Å²) >= 11 is 0. The molecule has 1 aliphatic rings. The molecule has 0 radical (unpaired) electrons. The molecular formula is C22H26N4O2. The van der Waals surface area contributed by atoms with Crippen molar-refractivity contribution >= 4 is 5.91 Å². The Bertz CT molecular complexity index is 791. The van der Waals surface area contributed by atoms with Gasteiger partial charge in [0.2, 0.25) is 5.91 Å². The molecule has 0 unspecified atom stereocenters. The Hall–Kier alpha value is -2.82. The fraction of sp³-hybridized carbons (Fsp3) is 0.409. The van der Waals surface area contributed by atoms with Crippen molar-refractivity contribution in [2.24, 2.45) is 5.11 Å². The molecule has 1 fully saturated rings. The van der Waals surface area contributed by atoms with Gasteiger partial charge in [-0.15, -0.1) is 0 Å². The third-order valence-corrected chi connectivity index (χ3v) is 5.13. The van der Waals surface area contributed by atoms with Gasteiger partial charge < -0.3 is 9.64 Å². The lowest BCUT2D eigenvalue weighted by Crippen LogP contribution is -2.43. The monoisotopic (exact) mass is 378 g/mol. The number of azide groups is 1. The summed E-state index contributed by atoms with van der Waals surface area (Å²) in [5.74, 6) is 0.111. The zero-order chi connectivity index (χ0) is 19.6. The summed E-state index contributed by atoms with van der Waals surface area (Å²) in [5.41, 5.74) is 11.0. The van der Waals surface area contributed by atoms with Gasteiger partial charge >= 0.3 is 0 Å². The maximum absolute atomic E-state index is 12.8. The van der Waals surface area contributed by atoms with Crippen LogP contribution in [0.5, 0.6) is 0 Å². The number of hydrogen-bond acceptors (Lipinski definition) is 3. The van der Waals surface area contributed by atoms with Gasteiger partial charge in [-0.05, 0) is 35.9 Å². The summed E-state index contributed by atoms with van der Waals surface area (Å²) in [4.78, 5) is 17.5. The third-order valence-electron chi connectivity index (χ3n) is 5.13. The van der Waals surface area contributed by atoms with E-state index in [-0.39, 0.29) is 24.6 Å². The minimum Gasteiger partial charge on any atom is -0.373 e. The second-order valence-electron chi connectivity index (χ2n) is 7.09. The summed E-state index contributed by atoms with van der Waals surface area (Å²) in [7, 11) is 0. The number of carbonyl (C=O) groups is 1. The highest BCUT2D eigenvalue weighted by Gasteiger charge is 2.28. The van der Waals surface area contributed by atoms with Crippen molar-refractivity contribution in [2.45, 2.75) is 44.4 Å². The van der Waals surface area contributed by atoms with Gasteiger partial charge in [0, 0.05) is 30.5 Å². The smallest absolute Gasteiger partial charge is 0.222 e. The van der Waals surface area contributed by atoms with E-state index in [9.17, 15) is 4.79 Å². The maximum atomic E-state index is 12.8. The quantitative estimate of drug-likeness (QED) is 0.385. The predicted octanol–water partition coefficient (Wildman–Crippen LogP) is 4.51. The van der Waals surface area contributed by atoms with Gasteiger partial charge in [0.25, 0.3) is 0 Å². The molecule has 2 aromatic rings. The molecule has 1 saturated heterocycles. The summed E-state index contributed by atoms with van der Waals surface area (Å²) in [5, 5.41) is 3.76. The molecule has 3 rings (SSSR count). The fourth-order valence-electron chi connectivity index (χ4n) is 3.61. The van der Waals surface area contributed by atoms with Crippen LogP contribution in [0.4, 0.5) is 0 Å². The van der Waals surface area contributed by atoms with E-state index >= 15 is 0 Å². The first-order valence-electron chi connectivity index (χ1n) is 9.76. The molecule has 0 bridgehead atoms. The van der Waals surface area contributed by atoms with Gasteiger partial charge in [0.15, 0.2) is 0 Å². The number of amides is 1. The van der Waals surface area contributed by atoms with Crippen molar-refractivity contribution in [1.29, 1.82) is 0 Å². The van der Waals surface area contributed by atoms with Crippen molar-refractivity contribution in [1.82, 2.24) is 4.90 Å². The first-order valence-corrected chi connectivity index (χ1v) is 9.76. The van der Waals surface area contributed by atoms with Crippen LogP contribution in [0.2, 0.25) is 0 Å². The molecule has 1 heterocycles. The van der Waals surface area contributed by atoms with E-state index in [2.05, 4.69) is 10.0 Å². The SMILES string of the molecule is [N-]=[N+]=NC[C@H](Cc1ccccc1)N1CC[C@@H](OCc2ccccc2)CCC1=O. The first kappa shape index (κ1) is 19.9. The largest absolute Gasteiger partial charge is 0.373 e. The van der Waals surface area contributed by atoms with Crippen molar-refractivity contribution < 1.29 is 9.53 Å². The molecule has 0 saturated carbocycles. The average molecular weight is 378 g/mol. The van der Waals surface area contributed by atoms with Crippen LogP contribution < -0.4 is 0 Å². The lowest BCUT2D eigenvalue weighted by Gasteiger charge is -2.30. The maximum Gasteiger partial charge on any atom is 0.222 e. The zero-order valence-corrected chi connectivity index (χ0v) is 16.0. The van der Waals surface area contributed by atoms with E-state index in [0.29, 0.717) is 26.0 Å². The van der Waals surface area contributed by atoms with Crippen molar-refractivity contribution in [3.63, 3.8) is 0 Å². The minimum atomic E-state index is -0.126. The number of hydrogen-bond donors (Lipinski definition) is 0. The Morgan fingerprint density at radius 2 is 1.75 bits per heavy atom. The molecule has 146 valence electrons. The summed E-state index contributed by atoms with van der Waals surface area (Å²) in [6.07, 6.45) is 2.72. The summed E-state index contributed by atoms with van der Waals surface area (Å²) in [6, 6.07) is 20.0. The Morgan fingerprint density at radius 3 is 2.43 bits per heavy atom. The summed E-state index contributed by atoms with van der Waals surface area (Å²) in [6.45, 7) is 1.47. The van der Waals surface area contributed by atoms with Crippen molar-refractivity contribution in [3.8, 4) is 0 Å². The molecule has 0 aromatic heterocycles. The van der Waals surface area contributed by atoms with E-state index in [1.807, 2.05) is 65.6 Å². The second-order valence-corrected chi connectivity index (χ2v) is 7.09. The lowest BCUT2D eigenvalue weighted by atomic mass is 10.0. The Kier molecular flexibility index (Phi) is 7.47. The van der Waals surface area contributed by atoms with E-state index in [1.165, 1.54) is 0 Å². The van der Waals surface area contributed by atoms with Crippen LogP contribution in [0.1, 0.15) is 30.4 Å². The number of nitrogens with zero attached hydrogens (tertiary/aromatic N) is 4. The minimum absolute atomic E-state index is 0.0611. The fourth-order valence-corrected chi connectivity index (χ4v) is 3.61. The van der Waals surface area contributed by atoms with Crippen LogP contribution in [0.25, 0.3) is 10.4 Å². The van der Waals surface area contributed by atoms with Crippen LogP contribution in [0.15, 0.2) is 65.8 Å². The molecule has 0 N–H and O–H groups in total. The van der Waals surface area contributed by atoms with E-state index in [4.69, 9.17) is 10.3 Å². The van der Waals surface area contributed by atoms with Gasteiger partial charge in [0.1, 0.15) is 0 Å². The van der Waals surface area contributed by atoms with Crippen LogP contribution in [-0.2, 0) is 22.6 Å². The normalized spacial score (nSPS) is 18.2. The molecule has 1 amide bonds. The van der Waals surface area contributed by atoms with Gasteiger partial charge in [-0.3, -0.25) is 4.79 Å². The molecule has 2 aromatic carbocycles. The standard InChI is InChI=1S/C22H26N4O2/c23-25-24-16-20(15-18-7-3-1-4-8-18)26-14-13-21(11-12-22(26)27)28-17-19-9-5-2-6-10-19/h1-10,20-21H,11-17H2/t20-,21-/m0/s1. The highest BCUT2D eigenvalue weighted by molar-refractivity contribution is 5.77. The van der Waals surface area contributed by atoms with E-state index < -0.39 is 0 Å². The van der Waals surface area contributed by atoms with Crippen LogP contribution in [0.3, 0.4) is 0 Å². The highest BCUT2D eigenvalue weighted by atomic mass is 16.5. The van der Waals surface area contributed by atoms with Gasteiger partial charge in [-0.1, -0.05) is 65.8 Å². The van der Waals surface area contributed by atoms with Crippen LogP contribution in [0, 0.1) is 0 Å². The second kappa shape index (κ2) is 10.5. The number of likely N-dealkylation sites (tertiary alicyclic amines) is 1. The first-order chi connectivity index (χ1) is 13.8. The number of rotatable bonds is 8. The molecule has 2 atom stereocenters. The topological polar surface area (TPSA) is 78.3 Å². The number of ether oxygens (including phenoxy) is 1. The van der Waals surface area contributed by atoms with Gasteiger partial charge in [-0.2, -0.15) is 0 Å². The molecule has 1 aliphatic heterocycles.